The number of fused-ring (bicyclic) bond motifs is 1. The van der Waals surface area contributed by atoms with Gasteiger partial charge < -0.3 is 14.6 Å². The molecule has 0 radical (unpaired) electrons. The zero-order chi connectivity index (χ0) is 15.9. The highest BCUT2D eigenvalue weighted by atomic mass is 16.3. The molecule has 2 N–H and O–H groups in total. The van der Waals surface area contributed by atoms with Gasteiger partial charge in [-0.25, -0.2) is 0 Å². The first-order chi connectivity index (χ1) is 10.5. The van der Waals surface area contributed by atoms with Crippen LogP contribution in [-0.4, -0.2) is 10.2 Å². The number of aryl methyl sites for hydroxylation is 2. The van der Waals surface area contributed by atoms with Gasteiger partial charge in [-0.15, -0.1) is 0 Å². The largest absolute Gasteiger partial charge is 0.507 e. The highest BCUT2D eigenvalue weighted by Gasteiger charge is 2.18. The van der Waals surface area contributed by atoms with Crippen LogP contribution in [0.4, 0.5) is 0 Å². The van der Waals surface area contributed by atoms with Gasteiger partial charge in [-0.05, 0) is 18.9 Å². The Kier molecular flexibility index (Phi) is 3.37. The topological polar surface area (TPSA) is 70.7 Å². The lowest BCUT2D eigenvalue weighted by Crippen LogP contribution is -2.06. The molecule has 4 heteroatoms. The van der Waals surface area contributed by atoms with Crippen molar-refractivity contribution in [3.8, 4) is 22.6 Å². The summed E-state index contributed by atoms with van der Waals surface area (Å²) >= 11 is 0. The van der Waals surface area contributed by atoms with E-state index in [4.69, 9.17) is 4.42 Å². The van der Waals surface area contributed by atoms with E-state index in [0.717, 1.165) is 11.1 Å². The molecule has 0 saturated heterocycles. The first-order valence-electron chi connectivity index (χ1n) is 7.09. The summed E-state index contributed by atoms with van der Waals surface area (Å²) in [6, 6.07) is 8.69. The van der Waals surface area contributed by atoms with Crippen LogP contribution in [0.2, 0.25) is 0 Å². The Morgan fingerprint density at radius 2 is 1.77 bits per heavy atom. The summed E-state index contributed by atoms with van der Waals surface area (Å²) in [6.07, 6.45) is 1.88. The first kappa shape index (κ1) is 14.2. The lowest BCUT2D eigenvalue weighted by molar-refractivity contribution is 0.447. The molecule has 0 aliphatic heterocycles. The van der Waals surface area contributed by atoms with E-state index in [1.165, 1.54) is 12.3 Å². The zero-order valence-electron chi connectivity index (χ0n) is 12.4. The predicted molar refractivity (Wildman–Crippen MR) is 85.4 cm³/mol. The minimum absolute atomic E-state index is 0.0706. The third kappa shape index (κ3) is 2.13. The quantitative estimate of drug-likeness (QED) is 0.755. The van der Waals surface area contributed by atoms with Crippen LogP contribution < -0.4 is 5.43 Å². The maximum Gasteiger partial charge on any atom is 0.204 e. The van der Waals surface area contributed by atoms with E-state index in [1.54, 1.807) is 0 Å². The number of hydrogen-bond donors (Lipinski definition) is 2. The molecule has 3 rings (SSSR count). The molecule has 0 fully saturated rings. The van der Waals surface area contributed by atoms with Crippen LogP contribution in [0.1, 0.15) is 18.1 Å². The van der Waals surface area contributed by atoms with Crippen molar-refractivity contribution in [1.29, 1.82) is 0 Å². The molecule has 112 valence electrons. The highest BCUT2D eigenvalue weighted by molar-refractivity contribution is 5.90. The van der Waals surface area contributed by atoms with Gasteiger partial charge in [0.25, 0.3) is 0 Å². The zero-order valence-corrected chi connectivity index (χ0v) is 12.4. The molecule has 0 aliphatic carbocycles. The lowest BCUT2D eigenvalue weighted by atomic mass is 10.0. The molecule has 0 saturated carbocycles. The van der Waals surface area contributed by atoms with E-state index in [9.17, 15) is 15.0 Å². The van der Waals surface area contributed by atoms with Gasteiger partial charge in [-0.3, -0.25) is 4.79 Å². The molecular weight excluding hydrogens is 280 g/mol. The molecule has 0 bridgehead atoms. The van der Waals surface area contributed by atoms with Crippen LogP contribution in [0.15, 0.2) is 45.8 Å². The summed E-state index contributed by atoms with van der Waals surface area (Å²) < 4.78 is 5.57. The third-order valence-corrected chi connectivity index (χ3v) is 3.82. The fourth-order valence-electron chi connectivity index (χ4n) is 2.60. The standard InChI is InChI=1S/C18H16O4/c1-3-12-14(19)8-15(20)16-17(21)13(9-22-18(12)16)11-6-4-10(2)5-7-11/h4-9,19-20H,3H2,1-2H3. The molecule has 0 aliphatic rings. The smallest absolute Gasteiger partial charge is 0.204 e. The third-order valence-electron chi connectivity index (χ3n) is 3.82. The molecule has 22 heavy (non-hydrogen) atoms. The summed E-state index contributed by atoms with van der Waals surface area (Å²) in [7, 11) is 0. The number of hydrogen-bond acceptors (Lipinski definition) is 4. The highest BCUT2D eigenvalue weighted by Crippen LogP contribution is 2.34. The summed E-state index contributed by atoms with van der Waals surface area (Å²) in [6.45, 7) is 3.81. The van der Waals surface area contributed by atoms with Crippen molar-refractivity contribution in [3.63, 3.8) is 0 Å². The maximum atomic E-state index is 12.7. The Hall–Kier alpha value is -2.75. The van der Waals surface area contributed by atoms with Crippen molar-refractivity contribution in [1.82, 2.24) is 0 Å². The Labute approximate surface area is 127 Å². The average Bonchev–Trinajstić information content (AvgIpc) is 2.48. The van der Waals surface area contributed by atoms with Gasteiger partial charge >= 0.3 is 0 Å². The summed E-state index contributed by atoms with van der Waals surface area (Å²) in [5.74, 6) is -0.342. The molecule has 1 heterocycles. The van der Waals surface area contributed by atoms with Crippen LogP contribution in [0.5, 0.6) is 11.5 Å². The Morgan fingerprint density at radius 3 is 2.41 bits per heavy atom. The predicted octanol–water partition coefficient (Wildman–Crippen LogP) is 3.74. The van der Waals surface area contributed by atoms with Crippen LogP contribution in [0.3, 0.4) is 0 Å². The van der Waals surface area contributed by atoms with Crippen LogP contribution in [-0.2, 0) is 6.42 Å². The Balaban J connectivity index is 2.35. The Morgan fingerprint density at radius 1 is 1.09 bits per heavy atom. The number of aromatic hydroxyl groups is 2. The number of rotatable bonds is 2. The molecule has 3 aromatic rings. The van der Waals surface area contributed by atoms with Crippen LogP contribution >= 0.6 is 0 Å². The van der Waals surface area contributed by atoms with Gasteiger partial charge in [0.15, 0.2) is 0 Å². The van der Waals surface area contributed by atoms with Gasteiger partial charge in [-0.2, -0.15) is 0 Å². The lowest BCUT2D eigenvalue weighted by Gasteiger charge is -2.09. The Bertz CT molecular complexity index is 905. The maximum absolute atomic E-state index is 12.7. The monoisotopic (exact) mass is 296 g/mol. The number of phenols is 2. The molecular formula is C18H16O4. The van der Waals surface area contributed by atoms with Crippen molar-refractivity contribution in [2.24, 2.45) is 0 Å². The van der Waals surface area contributed by atoms with Crippen LogP contribution in [0.25, 0.3) is 22.1 Å². The molecule has 0 atom stereocenters. The SMILES string of the molecule is CCc1c(O)cc(O)c2c(=O)c(-c3ccc(C)cc3)coc12. The van der Waals surface area contributed by atoms with E-state index >= 15 is 0 Å². The average molecular weight is 296 g/mol. The van der Waals surface area contributed by atoms with Crippen molar-refractivity contribution >= 4 is 11.0 Å². The van der Waals surface area contributed by atoms with Gasteiger partial charge in [0.05, 0.1) is 5.56 Å². The molecule has 2 aromatic carbocycles. The van der Waals surface area contributed by atoms with E-state index in [0.29, 0.717) is 17.5 Å². The second-order valence-corrected chi connectivity index (χ2v) is 5.30. The van der Waals surface area contributed by atoms with E-state index in [-0.39, 0.29) is 27.9 Å². The van der Waals surface area contributed by atoms with E-state index in [2.05, 4.69) is 0 Å². The van der Waals surface area contributed by atoms with Gasteiger partial charge in [0, 0.05) is 11.6 Å². The minimum Gasteiger partial charge on any atom is -0.507 e. The van der Waals surface area contributed by atoms with Crippen LogP contribution in [0, 0.1) is 6.92 Å². The normalized spacial score (nSPS) is 11.0. The van der Waals surface area contributed by atoms with Crippen molar-refractivity contribution < 1.29 is 14.6 Å². The number of benzene rings is 2. The minimum atomic E-state index is -0.308. The molecule has 1 aromatic heterocycles. The second kappa shape index (κ2) is 5.22. The molecule has 0 amide bonds. The van der Waals surface area contributed by atoms with Crippen molar-refractivity contribution in [2.75, 3.05) is 0 Å². The number of phenolic OH excluding ortho intramolecular Hbond substituents is 2. The first-order valence-corrected chi connectivity index (χ1v) is 7.09. The fourth-order valence-corrected chi connectivity index (χ4v) is 2.60. The van der Waals surface area contributed by atoms with E-state index in [1.807, 2.05) is 38.1 Å². The summed E-state index contributed by atoms with van der Waals surface area (Å²) in [5.41, 5.74) is 2.65. The molecule has 0 spiro atoms. The van der Waals surface area contributed by atoms with Gasteiger partial charge in [-0.1, -0.05) is 36.8 Å². The van der Waals surface area contributed by atoms with Crippen molar-refractivity contribution in [2.45, 2.75) is 20.3 Å². The fraction of sp³-hybridized carbons (Fsp3) is 0.167. The molecule has 4 nitrogen and oxygen atoms in total. The van der Waals surface area contributed by atoms with Crippen molar-refractivity contribution in [3.05, 3.63) is 57.9 Å². The second-order valence-electron chi connectivity index (χ2n) is 5.30. The summed E-state index contributed by atoms with van der Waals surface area (Å²) in [5, 5.41) is 20.0. The summed E-state index contributed by atoms with van der Waals surface area (Å²) in [4.78, 5) is 12.7. The van der Waals surface area contributed by atoms with Gasteiger partial charge in [0.1, 0.15) is 28.7 Å². The van der Waals surface area contributed by atoms with E-state index < -0.39 is 0 Å². The molecule has 0 unspecified atom stereocenters. The van der Waals surface area contributed by atoms with Gasteiger partial charge in [0.2, 0.25) is 5.43 Å².